The van der Waals surface area contributed by atoms with Gasteiger partial charge in [-0.1, -0.05) is 26.0 Å². The van der Waals surface area contributed by atoms with E-state index in [0.29, 0.717) is 17.4 Å². The maximum absolute atomic E-state index is 12.1. The molecule has 0 bridgehead atoms. The van der Waals surface area contributed by atoms with Crippen molar-refractivity contribution >= 4 is 11.6 Å². The first-order chi connectivity index (χ1) is 12.0. The van der Waals surface area contributed by atoms with E-state index in [-0.39, 0.29) is 19.1 Å². The van der Waals surface area contributed by atoms with Crippen LogP contribution in [0, 0.1) is 18.3 Å². The van der Waals surface area contributed by atoms with Crippen molar-refractivity contribution in [2.75, 3.05) is 18.5 Å². The fraction of sp³-hybridized carbons (Fsp3) is 0.300. The Morgan fingerprint density at radius 3 is 2.52 bits per heavy atom. The molecule has 0 aromatic heterocycles. The van der Waals surface area contributed by atoms with Gasteiger partial charge in [0.25, 0.3) is 5.91 Å². The number of rotatable bonds is 7. The summed E-state index contributed by atoms with van der Waals surface area (Å²) < 4.78 is 10.9. The molecule has 25 heavy (non-hydrogen) atoms. The van der Waals surface area contributed by atoms with Crippen molar-refractivity contribution in [3.05, 3.63) is 53.6 Å². The molecule has 0 saturated carbocycles. The Morgan fingerprint density at radius 1 is 1.16 bits per heavy atom. The second kappa shape index (κ2) is 8.74. The fourth-order valence-electron chi connectivity index (χ4n) is 2.33. The molecule has 0 heterocycles. The first-order valence-electron chi connectivity index (χ1n) is 8.12. The van der Waals surface area contributed by atoms with Gasteiger partial charge in [0.2, 0.25) is 0 Å². The van der Waals surface area contributed by atoms with Crippen LogP contribution in [-0.4, -0.2) is 19.1 Å². The molecule has 2 aromatic carbocycles. The number of amides is 1. The summed E-state index contributed by atoms with van der Waals surface area (Å²) in [5.74, 6) is 1.41. The number of carbonyl (C=O) groups excluding carboxylic acids is 1. The summed E-state index contributed by atoms with van der Waals surface area (Å²) in [6, 6.07) is 14.8. The Hall–Kier alpha value is -3.00. The highest BCUT2D eigenvalue weighted by Crippen LogP contribution is 2.27. The molecule has 1 N–H and O–H groups in total. The zero-order valence-corrected chi connectivity index (χ0v) is 14.7. The van der Waals surface area contributed by atoms with E-state index < -0.39 is 0 Å². The molecular formula is C20H22N2O3. The van der Waals surface area contributed by atoms with Crippen molar-refractivity contribution in [2.24, 2.45) is 0 Å². The monoisotopic (exact) mass is 338 g/mol. The van der Waals surface area contributed by atoms with Crippen molar-refractivity contribution in [1.29, 1.82) is 5.26 Å². The minimum Gasteiger partial charge on any atom is -0.483 e. The van der Waals surface area contributed by atoms with Crippen molar-refractivity contribution in [1.82, 2.24) is 0 Å². The maximum Gasteiger partial charge on any atom is 0.262 e. The molecular weight excluding hydrogens is 316 g/mol. The predicted octanol–water partition coefficient (Wildman–Crippen LogP) is 4.04. The number of carbonyl (C=O) groups is 1. The molecule has 0 aliphatic rings. The zero-order chi connectivity index (χ0) is 18.2. The summed E-state index contributed by atoms with van der Waals surface area (Å²) in [5.41, 5.74) is 2.82. The number of nitriles is 1. The third-order valence-corrected chi connectivity index (χ3v) is 3.59. The number of aryl methyl sites for hydroxylation is 1. The van der Waals surface area contributed by atoms with Gasteiger partial charge in [0, 0.05) is 5.69 Å². The Labute approximate surface area is 148 Å². The van der Waals surface area contributed by atoms with Crippen LogP contribution in [-0.2, 0) is 4.79 Å². The molecule has 0 saturated heterocycles. The summed E-state index contributed by atoms with van der Waals surface area (Å²) >= 11 is 0. The molecule has 130 valence electrons. The van der Waals surface area contributed by atoms with E-state index in [9.17, 15) is 4.79 Å². The maximum atomic E-state index is 12.1. The molecule has 1 amide bonds. The molecule has 0 radical (unpaired) electrons. The largest absolute Gasteiger partial charge is 0.483 e. The molecule has 0 aliphatic carbocycles. The number of anilines is 1. The van der Waals surface area contributed by atoms with E-state index >= 15 is 0 Å². The van der Waals surface area contributed by atoms with Crippen molar-refractivity contribution in [2.45, 2.75) is 26.7 Å². The van der Waals surface area contributed by atoms with Crippen LogP contribution in [0.3, 0.4) is 0 Å². The van der Waals surface area contributed by atoms with Crippen LogP contribution in [0.4, 0.5) is 5.69 Å². The lowest BCUT2D eigenvalue weighted by atomic mass is 10.0. The average molecular weight is 338 g/mol. The third kappa shape index (κ3) is 5.54. The van der Waals surface area contributed by atoms with Crippen LogP contribution < -0.4 is 14.8 Å². The minimum atomic E-state index is -0.234. The highest BCUT2D eigenvalue weighted by Gasteiger charge is 2.10. The van der Waals surface area contributed by atoms with Gasteiger partial charge < -0.3 is 14.8 Å². The van der Waals surface area contributed by atoms with Gasteiger partial charge in [0.05, 0.1) is 0 Å². The smallest absolute Gasteiger partial charge is 0.262 e. The van der Waals surface area contributed by atoms with Crippen LogP contribution in [0.25, 0.3) is 0 Å². The number of nitrogens with one attached hydrogen (secondary N) is 1. The summed E-state index contributed by atoms with van der Waals surface area (Å²) in [5, 5.41) is 11.3. The molecule has 5 nitrogen and oxygen atoms in total. The SMILES string of the molecule is Cc1ccc(C(C)C)c(OCC(=O)Nc2ccc(OCC#N)cc2)c1. The molecule has 2 rings (SSSR count). The molecule has 0 spiro atoms. The quantitative estimate of drug-likeness (QED) is 0.827. The number of hydrogen-bond donors (Lipinski definition) is 1. The fourth-order valence-corrected chi connectivity index (χ4v) is 2.33. The first-order valence-corrected chi connectivity index (χ1v) is 8.12. The number of nitrogens with zero attached hydrogens (tertiary/aromatic N) is 1. The lowest BCUT2D eigenvalue weighted by Gasteiger charge is -2.15. The molecule has 0 atom stereocenters. The van der Waals surface area contributed by atoms with Gasteiger partial charge in [-0.05, 0) is 54.3 Å². The molecule has 2 aromatic rings. The minimum absolute atomic E-state index is 0.00573. The predicted molar refractivity (Wildman–Crippen MR) is 96.9 cm³/mol. The summed E-state index contributed by atoms with van der Waals surface area (Å²) in [6.45, 7) is 6.11. The van der Waals surface area contributed by atoms with Gasteiger partial charge in [0.1, 0.15) is 17.6 Å². The zero-order valence-electron chi connectivity index (χ0n) is 14.7. The van der Waals surface area contributed by atoms with Gasteiger partial charge in [0.15, 0.2) is 13.2 Å². The van der Waals surface area contributed by atoms with Crippen LogP contribution in [0.15, 0.2) is 42.5 Å². The highest BCUT2D eigenvalue weighted by atomic mass is 16.5. The third-order valence-electron chi connectivity index (χ3n) is 3.59. The van der Waals surface area contributed by atoms with Gasteiger partial charge >= 0.3 is 0 Å². The standard InChI is InChI=1S/C20H22N2O3/c1-14(2)18-9-4-15(3)12-19(18)25-13-20(23)22-16-5-7-17(8-6-16)24-11-10-21/h4-9,12,14H,11,13H2,1-3H3,(H,22,23). The molecule has 0 aliphatic heterocycles. The molecule has 5 heteroatoms. The molecule has 0 unspecified atom stereocenters. The van der Waals surface area contributed by atoms with Crippen molar-refractivity contribution in [3.8, 4) is 17.6 Å². The van der Waals surface area contributed by atoms with E-state index in [4.69, 9.17) is 14.7 Å². The number of benzene rings is 2. The lowest BCUT2D eigenvalue weighted by molar-refractivity contribution is -0.118. The number of hydrogen-bond acceptors (Lipinski definition) is 4. The topological polar surface area (TPSA) is 71.3 Å². The normalized spacial score (nSPS) is 10.2. The van der Waals surface area contributed by atoms with E-state index in [1.165, 1.54) is 0 Å². The highest BCUT2D eigenvalue weighted by molar-refractivity contribution is 5.91. The van der Waals surface area contributed by atoms with Gasteiger partial charge in [-0.3, -0.25) is 4.79 Å². The number of ether oxygens (including phenoxy) is 2. The Balaban J connectivity index is 1.93. The Morgan fingerprint density at radius 2 is 1.88 bits per heavy atom. The second-order valence-corrected chi connectivity index (χ2v) is 6.00. The van der Waals surface area contributed by atoms with E-state index in [1.807, 2.05) is 31.2 Å². The lowest BCUT2D eigenvalue weighted by Crippen LogP contribution is -2.20. The van der Waals surface area contributed by atoms with Crippen LogP contribution in [0.1, 0.15) is 30.9 Å². The molecule has 0 fully saturated rings. The van der Waals surface area contributed by atoms with E-state index in [0.717, 1.165) is 16.9 Å². The average Bonchev–Trinajstić information content (AvgIpc) is 2.59. The summed E-state index contributed by atoms with van der Waals surface area (Å²) in [4.78, 5) is 12.1. The summed E-state index contributed by atoms with van der Waals surface area (Å²) in [6.07, 6.45) is 0. The van der Waals surface area contributed by atoms with E-state index in [2.05, 4.69) is 19.2 Å². The van der Waals surface area contributed by atoms with Crippen LogP contribution >= 0.6 is 0 Å². The van der Waals surface area contributed by atoms with Gasteiger partial charge in [-0.15, -0.1) is 0 Å². The first kappa shape index (κ1) is 18.3. The van der Waals surface area contributed by atoms with E-state index in [1.54, 1.807) is 24.3 Å². The second-order valence-electron chi connectivity index (χ2n) is 6.00. The summed E-state index contributed by atoms with van der Waals surface area (Å²) in [7, 11) is 0. The van der Waals surface area contributed by atoms with Gasteiger partial charge in [-0.2, -0.15) is 5.26 Å². The van der Waals surface area contributed by atoms with Crippen molar-refractivity contribution < 1.29 is 14.3 Å². The van der Waals surface area contributed by atoms with Crippen LogP contribution in [0.5, 0.6) is 11.5 Å². The Bertz CT molecular complexity index is 762. The van der Waals surface area contributed by atoms with Crippen LogP contribution in [0.2, 0.25) is 0 Å². The van der Waals surface area contributed by atoms with Crippen molar-refractivity contribution in [3.63, 3.8) is 0 Å². The Kier molecular flexibility index (Phi) is 6.41. The van der Waals surface area contributed by atoms with Gasteiger partial charge in [-0.25, -0.2) is 0 Å².